The molecular formula is C26H33FN6O2. The van der Waals surface area contributed by atoms with Gasteiger partial charge in [0.05, 0.1) is 23.8 Å². The molecule has 4 rings (SSSR count). The largest absolute Gasteiger partial charge is 0.493 e. The number of carbonyl (C=O) groups excluding carboxylic acids is 1. The number of unbranched alkanes of at least 4 members (excludes halogenated alkanes) is 1. The monoisotopic (exact) mass is 480 g/mol. The van der Waals surface area contributed by atoms with Crippen molar-refractivity contribution in [1.82, 2.24) is 30.8 Å². The van der Waals surface area contributed by atoms with Gasteiger partial charge in [-0.1, -0.05) is 38.0 Å². The Morgan fingerprint density at radius 3 is 2.63 bits per heavy atom. The first-order valence-corrected chi connectivity index (χ1v) is 12.4. The van der Waals surface area contributed by atoms with Gasteiger partial charge in [-0.15, -0.1) is 5.10 Å². The van der Waals surface area contributed by atoms with Crippen LogP contribution in [0.25, 0.3) is 5.69 Å². The average Bonchev–Trinajstić information content (AvgIpc) is 3.32. The number of para-hydroxylation sites is 1. The second-order valence-electron chi connectivity index (χ2n) is 8.97. The van der Waals surface area contributed by atoms with E-state index < -0.39 is 11.5 Å². The van der Waals surface area contributed by atoms with Crippen LogP contribution in [0.2, 0.25) is 0 Å². The smallest absolute Gasteiger partial charge is 0.227 e. The standard InChI is InChI=1S/C26H33FN6O2/c1-3-5-17-35-22-10-7-6-9-21(22)23(29-18-26(15-8-16-26)25(34)28-4-2)24-30-31-32-33(24)20-13-11-19(27)12-14-20/h6-7,9-14,23,29H,3-5,8,15-18H2,1-2H3,(H,28,34). The van der Waals surface area contributed by atoms with Gasteiger partial charge in [0, 0.05) is 18.7 Å². The Morgan fingerprint density at radius 1 is 1.17 bits per heavy atom. The van der Waals surface area contributed by atoms with Crippen LogP contribution >= 0.6 is 0 Å². The maximum absolute atomic E-state index is 13.6. The van der Waals surface area contributed by atoms with Crippen molar-refractivity contribution in [1.29, 1.82) is 0 Å². The molecule has 0 saturated heterocycles. The summed E-state index contributed by atoms with van der Waals surface area (Å²) in [6.07, 6.45) is 4.65. The van der Waals surface area contributed by atoms with Gasteiger partial charge < -0.3 is 15.4 Å². The molecule has 0 radical (unpaired) electrons. The minimum absolute atomic E-state index is 0.0723. The summed E-state index contributed by atoms with van der Waals surface area (Å²) in [5, 5.41) is 19.0. The molecule has 0 bridgehead atoms. The summed E-state index contributed by atoms with van der Waals surface area (Å²) in [5.41, 5.74) is 1.07. The van der Waals surface area contributed by atoms with Crippen LogP contribution in [0.1, 0.15) is 63.4 Å². The number of hydrogen-bond donors (Lipinski definition) is 2. The summed E-state index contributed by atoms with van der Waals surface area (Å²) in [7, 11) is 0. The fourth-order valence-corrected chi connectivity index (χ4v) is 4.39. The van der Waals surface area contributed by atoms with E-state index in [4.69, 9.17) is 4.74 Å². The maximum Gasteiger partial charge on any atom is 0.227 e. The van der Waals surface area contributed by atoms with Gasteiger partial charge in [-0.25, -0.2) is 4.39 Å². The van der Waals surface area contributed by atoms with Crippen molar-refractivity contribution in [2.45, 2.75) is 52.0 Å². The molecule has 1 amide bonds. The quantitative estimate of drug-likeness (QED) is 0.381. The summed E-state index contributed by atoms with van der Waals surface area (Å²) < 4.78 is 21.3. The zero-order valence-corrected chi connectivity index (χ0v) is 20.3. The molecule has 9 heteroatoms. The predicted molar refractivity (Wildman–Crippen MR) is 131 cm³/mol. The van der Waals surface area contributed by atoms with Gasteiger partial charge in [0.15, 0.2) is 5.82 Å². The minimum Gasteiger partial charge on any atom is -0.493 e. The fourth-order valence-electron chi connectivity index (χ4n) is 4.39. The number of ether oxygens (including phenoxy) is 1. The topological polar surface area (TPSA) is 94.0 Å². The molecule has 1 saturated carbocycles. The van der Waals surface area contributed by atoms with Crippen molar-refractivity contribution in [2.24, 2.45) is 5.41 Å². The van der Waals surface area contributed by atoms with Crippen LogP contribution in [-0.2, 0) is 4.79 Å². The Hall–Kier alpha value is -3.33. The van der Waals surface area contributed by atoms with Crippen LogP contribution in [0.4, 0.5) is 4.39 Å². The minimum atomic E-state index is -0.458. The highest BCUT2D eigenvalue weighted by atomic mass is 19.1. The third-order valence-corrected chi connectivity index (χ3v) is 6.58. The zero-order chi connectivity index (χ0) is 24.7. The fraction of sp³-hybridized carbons (Fsp3) is 0.462. The third-order valence-electron chi connectivity index (χ3n) is 6.58. The molecular weight excluding hydrogens is 447 g/mol. The summed E-state index contributed by atoms with van der Waals surface area (Å²) in [6.45, 7) is 5.73. The molecule has 1 unspecified atom stereocenters. The van der Waals surface area contributed by atoms with E-state index in [1.165, 1.54) is 12.1 Å². The van der Waals surface area contributed by atoms with Gasteiger partial charge in [0.25, 0.3) is 0 Å². The van der Waals surface area contributed by atoms with Crippen molar-refractivity contribution < 1.29 is 13.9 Å². The molecule has 2 N–H and O–H groups in total. The van der Waals surface area contributed by atoms with E-state index in [-0.39, 0.29) is 11.7 Å². The first-order valence-electron chi connectivity index (χ1n) is 12.4. The summed E-state index contributed by atoms with van der Waals surface area (Å²) in [4.78, 5) is 12.9. The van der Waals surface area contributed by atoms with E-state index in [1.807, 2.05) is 31.2 Å². The van der Waals surface area contributed by atoms with Crippen LogP contribution in [0, 0.1) is 11.2 Å². The van der Waals surface area contributed by atoms with Gasteiger partial charge in [-0.05, 0) is 66.9 Å². The van der Waals surface area contributed by atoms with Crippen molar-refractivity contribution in [2.75, 3.05) is 19.7 Å². The van der Waals surface area contributed by atoms with Crippen molar-refractivity contribution in [3.8, 4) is 11.4 Å². The van der Waals surface area contributed by atoms with Crippen molar-refractivity contribution in [3.63, 3.8) is 0 Å². The van der Waals surface area contributed by atoms with Crippen LogP contribution in [-0.4, -0.2) is 45.8 Å². The van der Waals surface area contributed by atoms with Gasteiger partial charge in [-0.2, -0.15) is 4.68 Å². The molecule has 35 heavy (non-hydrogen) atoms. The van der Waals surface area contributed by atoms with Gasteiger partial charge >= 0.3 is 0 Å². The number of halogens is 1. The molecule has 1 heterocycles. The highest BCUT2D eigenvalue weighted by molar-refractivity contribution is 5.83. The number of nitrogens with one attached hydrogen (secondary N) is 2. The second-order valence-corrected chi connectivity index (χ2v) is 8.97. The Balaban J connectivity index is 1.70. The Morgan fingerprint density at radius 2 is 1.94 bits per heavy atom. The molecule has 1 aliphatic rings. The lowest BCUT2D eigenvalue weighted by Crippen LogP contribution is -2.52. The lowest BCUT2D eigenvalue weighted by Gasteiger charge is -2.41. The van der Waals surface area contributed by atoms with E-state index in [0.29, 0.717) is 31.2 Å². The summed E-state index contributed by atoms with van der Waals surface area (Å²) in [5.74, 6) is 1.02. The van der Waals surface area contributed by atoms with E-state index in [1.54, 1.807) is 16.8 Å². The van der Waals surface area contributed by atoms with Crippen molar-refractivity contribution >= 4 is 5.91 Å². The number of rotatable bonds is 12. The molecule has 2 aromatic carbocycles. The van der Waals surface area contributed by atoms with Crippen LogP contribution in [0.5, 0.6) is 5.75 Å². The molecule has 0 spiro atoms. The molecule has 0 aliphatic heterocycles. The Kier molecular flexibility index (Phi) is 8.07. The van der Waals surface area contributed by atoms with Gasteiger partial charge in [0.2, 0.25) is 5.91 Å². The Bertz CT molecular complexity index is 1110. The first kappa shape index (κ1) is 24.8. The number of tetrazole rings is 1. The predicted octanol–water partition coefficient (Wildman–Crippen LogP) is 3.97. The van der Waals surface area contributed by atoms with E-state index in [0.717, 1.165) is 43.4 Å². The number of aromatic nitrogens is 4. The molecule has 3 aromatic rings. The normalized spacial score (nSPS) is 15.3. The van der Waals surface area contributed by atoms with Crippen LogP contribution in [0.3, 0.4) is 0 Å². The second kappa shape index (κ2) is 11.4. The number of benzene rings is 2. The molecule has 1 atom stereocenters. The summed E-state index contributed by atoms with van der Waals surface area (Å²) in [6, 6.07) is 13.4. The number of amides is 1. The number of hydrogen-bond acceptors (Lipinski definition) is 6. The van der Waals surface area contributed by atoms with Gasteiger partial charge in [-0.3, -0.25) is 4.79 Å². The zero-order valence-electron chi connectivity index (χ0n) is 20.3. The van der Waals surface area contributed by atoms with E-state index in [9.17, 15) is 9.18 Å². The van der Waals surface area contributed by atoms with Crippen LogP contribution in [0.15, 0.2) is 48.5 Å². The van der Waals surface area contributed by atoms with Crippen molar-refractivity contribution in [3.05, 3.63) is 65.7 Å². The van der Waals surface area contributed by atoms with E-state index in [2.05, 4.69) is 33.1 Å². The Labute approximate surface area is 205 Å². The van der Waals surface area contributed by atoms with E-state index >= 15 is 0 Å². The highest BCUT2D eigenvalue weighted by Gasteiger charge is 2.44. The number of carbonyl (C=O) groups is 1. The highest BCUT2D eigenvalue weighted by Crippen LogP contribution is 2.41. The lowest BCUT2D eigenvalue weighted by molar-refractivity contribution is -0.135. The lowest BCUT2D eigenvalue weighted by atomic mass is 9.67. The molecule has 186 valence electrons. The van der Waals surface area contributed by atoms with Gasteiger partial charge in [0.1, 0.15) is 11.6 Å². The van der Waals surface area contributed by atoms with Crippen LogP contribution < -0.4 is 15.4 Å². The number of nitrogens with zero attached hydrogens (tertiary/aromatic N) is 4. The SMILES string of the molecule is CCCCOc1ccccc1C(NCC1(C(=O)NCC)CCC1)c1nnnn1-c1ccc(F)cc1. The first-order chi connectivity index (χ1) is 17.1. The summed E-state index contributed by atoms with van der Waals surface area (Å²) >= 11 is 0. The molecule has 1 fully saturated rings. The molecule has 1 aliphatic carbocycles. The maximum atomic E-state index is 13.6. The average molecular weight is 481 g/mol. The molecule has 8 nitrogen and oxygen atoms in total. The molecule has 1 aromatic heterocycles. The third kappa shape index (κ3) is 5.51.